The summed E-state index contributed by atoms with van der Waals surface area (Å²) in [6.45, 7) is -0.0753. The van der Waals surface area contributed by atoms with Gasteiger partial charge in [0.05, 0.1) is 16.7 Å². The number of nitrogens with one attached hydrogen (secondary N) is 1. The maximum atomic E-state index is 12.9. The third-order valence-electron chi connectivity index (χ3n) is 3.84. The third-order valence-corrected chi connectivity index (χ3v) is 3.84. The number of benzene rings is 2. The fourth-order valence-corrected chi connectivity index (χ4v) is 2.42. The third kappa shape index (κ3) is 4.33. The number of aromatic nitrogens is 2. The van der Waals surface area contributed by atoms with E-state index in [0.717, 1.165) is 0 Å². The molecule has 0 aliphatic carbocycles. The lowest BCUT2D eigenvalue weighted by atomic mass is 10.1. The van der Waals surface area contributed by atoms with Crippen molar-refractivity contribution >= 4 is 11.6 Å². The number of carbonyl (C=O) groups is 1. The van der Waals surface area contributed by atoms with Gasteiger partial charge in [-0.05, 0) is 29.8 Å². The van der Waals surface area contributed by atoms with Crippen molar-refractivity contribution in [3.05, 3.63) is 88.0 Å². The zero-order valence-electron chi connectivity index (χ0n) is 13.9. The van der Waals surface area contributed by atoms with Crippen molar-refractivity contribution < 1.29 is 19.2 Å². The first-order chi connectivity index (χ1) is 12.9. The zero-order chi connectivity index (χ0) is 19.4. The molecule has 138 valence electrons. The summed E-state index contributed by atoms with van der Waals surface area (Å²) in [7, 11) is 0. The number of hydrogen-bond acceptors (Lipinski definition) is 5. The van der Waals surface area contributed by atoms with Crippen LogP contribution in [0.2, 0.25) is 0 Å². The number of nitro benzene ring substituents is 1. The van der Waals surface area contributed by atoms with Crippen molar-refractivity contribution in [2.45, 2.75) is 6.10 Å². The Bertz CT molecular complexity index is 972. The zero-order valence-corrected chi connectivity index (χ0v) is 13.9. The second-order valence-corrected chi connectivity index (χ2v) is 5.70. The first-order valence-electron chi connectivity index (χ1n) is 7.96. The first-order valence-corrected chi connectivity index (χ1v) is 7.96. The number of halogens is 1. The summed E-state index contributed by atoms with van der Waals surface area (Å²) >= 11 is 0. The van der Waals surface area contributed by atoms with E-state index in [-0.39, 0.29) is 17.9 Å². The van der Waals surface area contributed by atoms with Gasteiger partial charge in [0.15, 0.2) is 5.69 Å². The number of carbonyl (C=O) groups excluding carboxylic acids is 1. The molecule has 2 aromatic carbocycles. The number of amides is 1. The smallest absolute Gasteiger partial charge is 0.271 e. The molecule has 3 rings (SSSR count). The lowest BCUT2D eigenvalue weighted by Crippen LogP contribution is -2.28. The van der Waals surface area contributed by atoms with Gasteiger partial charge in [-0.25, -0.2) is 9.07 Å². The van der Waals surface area contributed by atoms with E-state index in [0.29, 0.717) is 11.3 Å². The molecule has 0 bridgehead atoms. The molecule has 0 fully saturated rings. The lowest BCUT2D eigenvalue weighted by Gasteiger charge is -2.11. The Balaban J connectivity index is 1.65. The van der Waals surface area contributed by atoms with Crippen molar-refractivity contribution in [3.63, 3.8) is 0 Å². The first kappa shape index (κ1) is 18.2. The summed E-state index contributed by atoms with van der Waals surface area (Å²) in [5.41, 5.74) is 0.914. The summed E-state index contributed by atoms with van der Waals surface area (Å²) in [4.78, 5) is 22.5. The van der Waals surface area contributed by atoms with Crippen molar-refractivity contribution in [1.82, 2.24) is 15.1 Å². The van der Waals surface area contributed by atoms with E-state index in [1.54, 1.807) is 6.07 Å². The van der Waals surface area contributed by atoms with Crippen LogP contribution in [0.4, 0.5) is 10.1 Å². The SMILES string of the molecule is O=C(NC[C@H](O)c1ccc(F)cc1)c1ccn(-c2cccc([N+](=O)[O-])c2)n1. The van der Waals surface area contributed by atoms with Crippen molar-refractivity contribution in [1.29, 1.82) is 0 Å². The van der Waals surface area contributed by atoms with Crippen LogP contribution in [0.3, 0.4) is 0 Å². The van der Waals surface area contributed by atoms with E-state index >= 15 is 0 Å². The molecule has 0 spiro atoms. The summed E-state index contributed by atoms with van der Waals surface area (Å²) in [5.74, 6) is -0.929. The summed E-state index contributed by atoms with van der Waals surface area (Å²) in [6, 6.07) is 12.6. The van der Waals surface area contributed by atoms with Gasteiger partial charge in [-0.3, -0.25) is 14.9 Å². The fourth-order valence-electron chi connectivity index (χ4n) is 2.42. The van der Waals surface area contributed by atoms with E-state index in [9.17, 15) is 24.4 Å². The molecule has 9 heteroatoms. The molecule has 1 aromatic heterocycles. The molecule has 2 N–H and O–H groups in total. The van der Waals surface area contributed by atoms with E-state index in [1.807, 2.05) is 0 Å². The molecular formula is C18H15FN4O4. The minimum Gasteiger partial charge on any atom is -0.387 e. The van der Waals surface area contributed by atoms with Gasteiger partial charge in [-0.1, -0.05) is 18.2 Å². The molecule has 0 radical (unpaired) electrons. The minimum atomic E-state index is -0.992. The van der Waals surface area contributed by atoms with E-state index in [4.69, 9.17) is 0 Å². The Kier molecular flexibility index (Phi) is 5.23. The number of rotatable bonds is 6. The second kappa shape index (κ2) is 7.75. The highest BCUT2D eigenvalue weighted by Crippen LogP contribution is 2.16. The van der Waals surface area contributed by atoms with Crippen LogP contribution >= 0.6 is 0 Å². The average molecular weight is 370 g/mol. The Morgan fingerprint density at radius 2 is 2.00 bits per heavy atom. The number of aliphatic hydroxyl groups is 1. The summed E-state index contributed by atoms with van der Waals surface area (Å²) in [6.07, 6.45) is 0.512. The number of non-ortho nitro benzene ring substituents is 1. The van der Waals surface area contributed by atoms with Crippen LogP contribution < -0.4 is 5.32 Å². The largest absolute Gasteiger partial charge is 0.387 e. The predicted octanol–water partition coefficient (Wildman–Crippen LogP) is 2.38. The Hall–Kier alpha value is -3.59. The van der Waals surface area contributed by atoms with E-state index < -0.39 is 22.8 Å². The summed E-state index contributed by atoms with van der Waals surface area (Å²) in [5, 5.41) is 27.5. The molecule has 8 nitrogen and oxygen atoms in total. The maximum absolute atomic E-state index is 12.9. The molecule has 0 aliphatic heterocycles. The molecular weight excluding hydrogens is 355 g/mol. The monoisotopic (exact) mass is 370 g/mol. The minimum absolute atomic E-state index is 0.0753. The topological polar surface area (TPSA) is 110 Å². The van der Waals surface area contributed by atoms with Gasteiger partial charge in [0.2, 0.25) is 0 Å². The number of nitrogens with zero attached hydrogens (tertiary/aromatic N) is 3. The van der Waals surface area contributed by atoms with Crippen molar-refractivity contribution in [2.24, 2.45) is 0 Å². The van der Waals surface area contributed by atoms with Gasteiger partial charge in [0.25, 0.3) is 11.6 Å². The number of aliphatic hydroxyl groups excluding tert-OH is 1. The normalized spacial score (nSPS) is 11.8. The average Bonchev–Trinajstić information content (AvgIpc) is 3.17. The van der Waals surface area contributed by atoms with Gasteiger partial charge in [0.1, 0.15) is 5.82 Å². The quantitative estimate of drug-likeness (QED) is 0.511. The van der Waals surface area contributed by atoms with Crippen LogP contribution in [-0.4, -0.2) is 32.3 Å². The molecule has 1 heterocycles. The van der Waals surface area contributed by atoms with Gasteiger partial charge < -0.3 is 10.4 Å². The Labute approximate surface area is 153 Å². The van der Waals surface area contributed by atoms with Crippen LogP contribution in [-0.2, 0) is 0 Å². The number of nitro groups is 1. The van der Waals surface area contributed by atoms with E-state index in [2.05, 4.69) is 10.4 Å². The predicted molar refractivity (Wildman–Crippen MR) is 93.9 cm³/mol. The van der Waals surface area contributed by atoms with Crippen LogP contribution in [0, 0.1) is 15.9 Å². The van der Waals surface area contributed by atoms with Gasteiger partial charge in [-0.15, -0.1) is 0 Å². The highest BCUT2D eigenvalue weighted by Gasteiger charge is 2.14. The number of hydrogen-bond donors (Lipinski definition) is 2. The van der Waals surface area contributed by atoms with Crippen molar-refractivity contribution in [2.75, 3.05) is 6.54 Å². The molecule has 0 aliphatic rings. The van der Waals surface area contributed by atoms with Gasteiger partial charge in [0, 0.05) is 24.9 Å². The maximum Gasteiger partial charge on any atom is 0.271 e. The molecule has 27 heavy (non-hydrogen) atoms. The van der Waals surface area contributed by atoms with Crippen LogP contribution in [0.25, 0.3) is 5.69 Å². The summed E-state index contributed by atoms with van der Waals surface area (Å²) < 4.78 is 14.2. The Morgan fingerprint density at radius 3 is 2.70 bits per heavy atom. The molecule has 1 amide bonds. The standard InChI is InChI=1S/C18H15FN4O4/c19-13-6-4-12(5-7-13)17(24)11-20-18(25)16-8-9-22(21-16)14-2-1-3-15(10-14)23(26)27/h1-10,17,24H,11H2,(H,20,25)/t17-/m0/s1. The molecule has 3 aromatic rings. The molecule has 1 atom stereocenters. The highest BCUT2D eigenvalue weighted by molar-refractivity contribution is 5.92. The van der Waals surface area contributed by atoms with Gasteiger partial charge in [-0.2, -0.15) is 5.10 Å². The molecule has 0 saturated heterocycles. The van der Waals surface area contributed by atoms with Gasteiger partial charge >= 0.3 is 0 Å². The fraction of sp³-hybridized carbons (Fsp3) is 0.111. The van der Waals surface area contributed by atoms with Crippen LogP contribution in [0.15, 0.2) is 60.8 Å². The Morgan fingerprint density at radius 1 is 1.26 bits per heavy atom. The molecule has 0 unspecified atom stereocenters. The molecule has 0 saturated carbocycles. The van der Waals surface area contributed by atoms with Crippen molar-refractivity contribution in [3.8, 4) is 5.69 Å². The van der Waals surface area contributed by atoms with E-state index in [1.165, 1.54) is 59.4 Å². The van der Waals surface area contributed by atoms with Crippen LogP contribution in [0.5, 0.6) is 0 Å². The second-order valence-electron chi connectivity index (χ2n) is 5.70. The van der Waals surface area contributed by atoms with Crippen LogP contribution in [0.1, 0.15) is 22.2 Å². The lowest BCUT2D eigenvalue weighted by molar-refractivity contribution is -0.384. The highest BCUT2D eigenvalue weighted by atomic mass is 19.1.